The van der Waals surface area contributed by atoms with E-state index in [9.17, 15) is 4.79 Å². The van der Waals surface area contributed by atoms with Gasteiger partial charge in [0.15, 0.2) is 0 Å². The summed E-state index contributed by atoms with van der Waals surface area (Å²) in [6.45, 7) is 8.86. The lowest BCUT2D eigenvalue weighted by Crippen LogP contribution is -2.44. The first kappa shape index (κ1) is 20.6. The maximum Gasteiger partial charge on any atom is 0.313 e. The minimum atomic E-state index is -0.478. The lowest BCUT2D eigenvalue weighted by Gasteiger charge is -2.38. The zero-order valence-corrected chi connectivity index (χ0v) is 17.1. The van der Waals surface area contributed by atoms with Crippen LogP contribution in [0.3, 0.4) is 0 Å². The van der Waals surface area contributed by atoms with Crippen LogP contribution in [0.15, 0.2) is 60.7 Å². The first-order valence-electron chi connectivity index (χ1n) is 9.29. The molecule has 0 aliphatic rings. The molecule has 0 bridgehead atoms. The summed E-state index contributed by atoms with van der Waals surface area (Å²) < 4.78 is 5.77. The van der Waals surface area contributed by atoms with E-state index in [2.05, 4.69) is 52.0 Å². The SMILES string of the molecule is CC(C)C(CSCc1ccccc1)(C(=O)OCc1ccccc1)C(C)C. The van der Waals surface area contributed by atoms with Crippen molar-refractivity contribution in [1.82, 2.24) is 0 Å². The Kier molecular flexibility index (Phi) is 7.77. The fourth-order valence-electron chi connectivity index (χ4n) is 3.30. The predicted octanol–water partition coefficient (Wildman–Crippen LogP) is 5.96. The summed E-state index contributed by atoms with van der Waals surface area (Å²) in [5, 5.41) is 0. The third-order valence-electron chi connectivity index (χ3n) is 5.11. The number of hydrogen-bond acceptors (Lipinski definition) is 3. The van der Waals surface area contributed by atoms with Gasteiger partial charge in [-0.15, -0.1) is 0 Å². The van der Waals surface area contributed by atoms with Crippen molar-refractivity contribution in [3.05, 3.63) is 71.8 Å². The molecule has 2 aromatic rings. The van der Waals surface area contributed by atoms with Gasteiger partial charge in [0.1, 0.15) is 6.61 Å². The van der Waals surface area contributed by atoms with Gasteiger partial charge in [-0.2, -0.15) is 11.8 Å². The second-order valence-corrected chi connectivity index (χ2v) is 8.38. The fourth-order valence-corrected chi connectivity index (χ4v) is 4.95. The molecule has 0 fully saturated rings. The Morgan fingerprint density at radius 3 is 1.88 bits per heavy atom. The Hall–Kier alpha value is -1.74. The highest BCUT2D eigenvalue weighted by atomic mass is 32.2. The number of rotatable bonds is 9. The van der Waals surface area contributed by atoms with Crippen LogP contribution in [0.1, 0.15) is 38.8 Å². The monoisotopic (exact) mass is 370 g/mol. The van der Waals surface area contributed by atoms with Crippen molar-refractivity contribution in [3.8, 4) is 0 Å². The molecule has 140 valence electrons. The van der Waals surface area contributed by atoms with Gasteiger partial charge in [0, 0.05) is 11.5 Å². The highest BCUT2D eigenvalue weighted by molar-refractivity contribution is 7.98. The molecular formula is C23H30O2S. The summed E-state index contributed by atoms with van der Waals surface area (Å²) in [5.74, 6) is 2.04. The van der Waals surface area contributed by atoms with Crippen molar-refractivity contribution in [2.24, 2.45) is 17.3 Å². The van der Waals surface area contributed by atoms with Crippen LogP contribution in [0.5, 0.6) is 0 Å². The summed E-state index contributed by atoms with van der Waals surface area (Å²) in [4.78, 5) is 13.1. The van der Waals surface area contributed by atoms with Crippen LogP contribution >= 0.6 is 11.8 Å². The van der Waals surface area contributed by atoms with Gasteiger partial charge >= 0.3 is 5.97 Å². The molecular weight excluding hydrogens is 340 g/mol. The molecule has 0 N–H and O–H groups in total. The summed E-state index contributed by atoms with van der Waals surface area (Å²) in [6.07, 6.45) is 0. The minimum absolute atomic E-state index is 0.0769. The van der Waals surface area contributed by atoms with Gasteiger partial charge in [-0.1, -0.05) is 88.4 Å². The number of carbonyl (C=O) groups excluding carboxylic acids is 1. The summed E-state index contributed by atoms with van der Waals surface area (Å²) in [6, 6.07) is 20.3. The lowest BCUT2D eigenvalue weighted by atomic mass is 9.70. The highest BCUT2D eigenvalue weighted by Gasteiger charge is 2.45. The predicted molar refractivity (Wildman–Crippen MR) is 111 cm³/mol. The molecule has 0 heterocycles. The average molecular weight is 371 g/mol. The van der Waals surface area contributed by atoms with E-state index < -0.39 is 5.41 Å². The van der Waals surface area contributed by atoms with Crippen molar-refractivity contribution < 1.29 is 9.53 Å². The van der Waals surface area contributed by atoms with Crippen molar-refractivity contribution in [3.63, 3.8) is 0 Å². The van der Waals surface area contributed by atoms with Crippen molar-refractivity contribution in [1.29, 1.82) is 0 Å². The molecule has 0 spiro atoms. The molecule has 0 aliphatic carbocycles. The molecule has 0 radical (unpaired) electrons. The van der Waals surface area contributed by atoms with Crippen LogP contribution in [0, 0.1) is 17.3 Å². The maximum absolute atomic E-state index is 13.1. The van der Waals surface area contributed by atoms with E-state index in [0.29, 0.717) is 6.61 Å². The van der Waals surface area contributed by atoms with E-state index in [0.717, 1.165) is 17.1 Å². The second-order valence-electron chi connectivity index (χ2n) is 7.39. The maximum atomic E-state index is 13.1. The van der Waals surface area contributed by atoms with Gasteiger partial charge in [-0.3, -0.25) is 4.79 Å². The third kappa shape index (κ3) is 5.14. The van der Waals surface area contributed by atoms with Crippen molar-refractivity contribution in [2.75, 3.05) is 5.75 Å². The van der Waals surface area contributed by atoms with E-state index in [1.807, 2.05) is 48.2 Å². The smallest absolute Gasteiger partial charge is 0.313 e. The largest absolute Gasteiger partial charge is 0.460 e. The van der Waals surface area contributed by atoms with Gasteiger partial charge in [0.2, 0.25) is 0 Å². The minimum Gasteiger partial charge on any atom is -0.460 e. The Bertz CT molecular complexity index is 657. The zero-order valence-electron chi connectivity index (χ0n) is 16.3. The van der Waals surface area contributed by atoms with E-state index >= 15 is 0 Å². The first-order chi connectivity index (χ1) is 12.5. The third-order valence-corrected chi connectivity index (χ3v) is 6.33. The zero-order chi connectivity index (χ0) is 19.0. The molecule has 0 aliphatic heterocycles. The molecule has 2 nitrogen and oxygen atoms in total. The Morgan fingerprint density at radius 1 is 0.885 bits per heavy atom. The molecule has 2 aromatic carbocycles. The van der Waals surface area contributed by atoms with E-state index in [1.165, 1.54) is 5.56 Å². The van der Waals surface area contributed by atoms with E-state index in [-0.39, 0.29) is 17.8 Å². The number of thioether (sulfide) groups is 1. The van der Waals surface area contributed by atoms with Gasteiger partial charge in [-0.05, 0) is 23.0 Å². The van der Waals surface area contributed by atoms with E-state index in [4.69, 9.17) is 4.74 Å². The molecule has 0 amide bonds. The number of esters is 1. The molecule has 0 unspecified atom stereocenters. The van der Waals surface area contributed by atoms with Crippen LogP contribution < -0.4 is 0 Å². The number of benzene rings is 2. The summed E-state index contributed by atoms with van der Waals surface area (Å²) in [7, 11) is 0. The Balaban J connectivity index is 2.06. The normalized spacial score (nSPS) is 11.8. The fraction of sp³-hybridized carbons (Fsp3) is 0.435. The van der Waals surface area contributed by atoms with Crippen molar-refractivity contribution >= 4 is 17.7 Å². The van der Waals surface area contributed by atoms with Crippen LogP contribution in [0.4, 0.5) is 0 Å². The number of ether oxygens (including phenoxy) is 1. The van der Waals surface area contributed by atoms with Crippen molar-refractivity contribution in [2.45, 2.75) is 40.1 Å². The first-order valence-corrected chi connectivity index (χ1v) is 10.4. The van der Waals surface area contributed by atoms with Gasteiger partial charge in [0.25, 0.3) is 0 Å². The Labute approximate surface area is 162 Å². The second kappa shape index (κ2) is 9.82. The molecule has 3 heteroatoms. The lowest BCUT2D eigenvalue weighted by molar-refractivity contribution is -0.162. The molecule has 26 heavy (non-hydrogen) atoms. The molecule has 0 atom stereocenters. The van der Waals surface area contributed by atoms with E-state index in [1.54, 1.807) is 0 Å². The van der Waals surface area contributed by atoms with Gasteiger partial charge in [-0.25, -0.2) is 0 Å². The van der Waals surface area contributed by atoms with Gasteiger partial charge < -0.3 is 4.74 Å². The average Bonchev–Trinajstić information content (AvgIpc) is 2.64. The standard InChI is InChI=1S/C23H30O2S/c1-18(2)23(19(3)4,17-26-16-21-13-9-6-10-14-21)22(24)25-15-20-11-7-5-8-12-20/h5-14,18-19H,15-17H2,1-4H3. The number of carbonyl (C=O) groups is 1. The van der Waals surface area contributed by atoms with Crippen LogP contribution in [0.25, 0.3) is 0 Å². The number of hydrogen-bond donors (Lipinski definition) is 0. The molecule has 0 saturated heterocycles. The topological polar surface area (TPSA) is 26.3 Å². The Morgan fingerprint density at radius 2 is 1.38 bits per heavy atom. The molecule has 0 aromatic heterocycles. The highest BCUT2D eigenvalue weighted by Crippen LogP contribution is 2.41. The summed E-state index contributed by atoms with van der Waals surface area (Å²) in [5.41, 5.74) is 1.84. The molecule has 0 saturated carbocycles. The molecule has 2 rings (SSSR count). The van der Waals surface area contributed by atoms with Crippen LogP contribution in [0.2, 0.25) is 0 Å². The summed E-state index contributed by atoms with van der Waals surface area (Å²) >= 11 is 1.82. The van der Waals surface area contributed by atoms with Crippen LogP contribution in [-0.2, 0) is 21.9 Å². The van der Waals surface area contributed by atoms with Crippen LogP contribution in [-0.4, -0.2) is 11.7 Å². The quantitative estimate of drug-likeness (QED) is 0.509. The van der Waals surface area contributed by atoms with Gasteiger partial charge in [0.05, 0.1) is 5.41 Å².